The van der Waals surface area contributed by atoms with Gasteiger partial charge in [-0.3, -0.25) is 0 Å². The summed E-state index contributed by atoms with van der Waals surface area (Å²) < 4.78 is 24.9. The molecule has 0 saturated heterocycles. The SMILES string of the molecule is Cc1c(C(F)F)cnc([N+](=O)[O-])c1CN. The maximum atomic E-state index is 12.4. The van der Waals surface area contributed by atoms with Crippen molar-refractivity contribution in [1.82, 2.24) is 4.98 Å². The molecule has 0 radical (unpaired) electrons. The number of nitrogens with two attached hydrogens (primary N) is 1. The Morgan fingerprint density at radius 3 is 2.67 bits per heavy atom. The van der Waals surface area contributed by atoms with Gasteiger partial charge in [0.05, 0.1) is 11.1 Å². The summed E-state index contributed by atoms with van der Waals surface area (Å²) in [4.78, 5) is 13.2. The largest absolute Gasteiger partial charge is 0.368 e. The van der Waals surface area contributed by atoms with Gasteiger partial charge in [0.25, 0.3) is 6.43 Å². The first-order chi connectivity index (χ1) is 6.99. The number of nitro groups is 1. The van der Waals surface area contributed by atoms with Gasteiger partial charge in [-0.25, -0.2) is 8.78 Å². The van der Waals surface area contributed by atoms with Crippen molar-refractivity contribution in [2.45, 2.75) is 19.9 Å². The summed E-state index contributed by atoms with van der Waals surface area (Å²) in [5.74, 6) is -0.459. The van der Waals surface area contributed by atoms with Crippen LogP contribution >= 0.6 is 0 Å². The van der Waals surface area contributed by atoms with Gasteiger partial charge in [0.2, 0.25) is 0 Å². The third-order valence-electron chi connectivity index (χ3n) is 2.09. The van der Waals surface area contributed by atoms with E-state index in [0.29, 0.717) is 0 Å². The third-order valence-corrected chi connectivity index (χ3v) is 2.09. The Hall–Kier alpha value is -1.63. The second-order valence-electron chi connectivity index (χ2n) is 2.90. The number of hydrogen-bond donors (Lipinski definition) is 1. The Morgan fingerprint density at radius 1 is 1.67 bits per heavy atom. The average Bonchev–Trinajstić information content (AvgIpc) is 2.16. The van der Waals surface area contributed by atoms with Crippen LogP contribution in [0.15, 0.2) is 6.20 Å². The van der Waals surface area contributed by atoms with Crippen molar-refractivity contribution in [1.29, 1.82) is 0 Å². The van der Waals surface area contributed by atoms with E-state index in [1.165, 1.54) is 6.92 Å². The fourth-order valence-corrected chi connectivity index (χ4v) is 1.27. The standard InChI is InChI=1S/C8H9F2N3O2/c1-4-5(2-11)8(13(14)15)12-3-6(4)7(9)10/h3,7H,2,11H2,1H3. The number of rotatable bonds is 3. The Bertz CT molecular complexity index is 396. The number of nitrogens with zero attached hydrogens (tertiary/aromatic N) is 2. The minimum Gasteiger partial charge on any atom is -0.358 e. The van der Waals surface area contributed by atoms with E-state index in [1.807, 2.05) is 0 Å². The smallest absolute Gasteiger partial charge is 0.358 e. The fourth-order valence-electron chi connectivity index (χ4n) is 1.27. The molecular formula is C8H9F2N3O2. The van der Waals surface area contributed by atoms with Crippen molar-refractivity contribution < 1.29 is 13.7 Å². The molecule has 82 valence electrons. The molecule has 0 aliphatic heterocycles. The van der Waals surface area contributed by atoms with Crippen molar-refractivity contribution >= 4 is 5.82 Å². The molecule has 0 bridgehead atoms. The van der Waals surface area contributed by atoms with Gasteiger partial charge >= 0.3 is 5.82 Å². The number of hydrogen-bond acceptors (Lipinski definition) is 4. The Balaban J connectivity index is 3.39. The van der Waals surface area contributed by atoms with Crippen LogP contribution in [0.2, 0.25) is 0 Å². The molecule has 0 atom stereocenters. The van der Waals surface area contributed by atoms with E-state index in [4.69, 9.17) is 5.73 Å². The fraction of sp³-hybridized carbons (Fsp3) is 0.375. The summed E-state index contributed by atoms with van der Waals surface area (Å²) in [5, 5.41) is 10.5. The predicted molar refractivity (Wildman–Crippen MR) is 48.5 cm³/mol. The first-order valence-corrected chi connectivity index (χ1v) is 4.10. The van der Waals surface area contributed by atoms with Crippen LogP contribution in [-0.2, 0) is 6.54 Å². The van der Waals surface area contributed by atoms with Crippen LogP contribution in [0.25, 0.3) is 0 Å². The highest BCUT2D eigenvalue weighted by Crippen LogP contribution is 2.28. The van der Waals surface area contributed by atoms with E-state index in [-0.39, 0.29) is 23.2 Å². The first-order valence-electron chi connectivity index (χ1n) is 4.10. The van der Waals surface area contributed by atoms with Crippen LogP contribution in [0, 0.1) is 17.0 Å². The lowest BCUT2D eigenvalue weighted by atomic mass is 10.1. The zero-order chi connectivity index (χ0) is 11.6. The van der Waals surface area contributed by atoms with Gasteiger partial charge in [0.1, 0.15) is 6.20 Å². The zero-order valence-electron chi connectivity index (χ0n) is 7.91. The molecule has 0 aliphatic carbocycles. The topological polar surface area (TPSA) is 82.0 Å². The molecule has 1 heterocycles. The number of aromatic nitrogens is 1. The lowest BCUT2D eigenvalue weighted by Crippen LogP contribution is -2.08. The van der Waals surface area contributed by atoms with Crippen molar-refractivity contribution in [3.63, 3.8) is 0 Å². The van der Waals surface area contributed by atoms with Gasteiger partial charge in [-0.05, 0) is 22.4 Å². The number of alkyl halides is 2. The highest BCUT2D eigenvalue weighted by Gasteiger charge is 2.23. The van der Waals surface area contributed by atoms with Crippen molar-refractivity contribution in [3.8, 4) is 0 Å². The molecule has 0 saturated carbocycles. The van der Waals surface area contributed by atoms with Crippen molar-refractivity contribution in [2.75, 3.05) is 0 Å². The van der Waals surface area contributed by atoms with E-state index < -0.39 is 17.2 Å². The summed E-state index contributed by atoms with van der Waals surface area (Å²) in [6.07, 6.45) is -1.89. The van der Waals surface area contributed by atoms with Gasteiger partial charge in [0, 0.05) is 6.54 Å². The Kier molecular flexibility index (Phi) is 3.25. The van der Waals surface area contributed by atoms with E-state index in [9.17, 15) is 18.9 Å². The minimum absolute atomic E-state index is 0.0535. The van der Waals surface area contributed by atoms with Crippen LogP contribution in [0.1, 0.15) is 23.1 Å². The van der Waals surface area contributed by atoms with E-state index in [0.717, 1.165) is 6.20 Å². The highest BCUT2D eigenvalue weighted by molar-refractivity contribution is 5.43. The molecule has 0 fully saturated rings. The van der Waals surface area contributed by atoms with Gasteiger partial charge in [-0.1, -0.05) is 0 Å². The molecule has 0 unspecified atom stereocenters. The van der Waals surface area contributed by atoms with E-state index >= 15 is 0 Å². The van der Waals surface area contributed by atoms with E-state index in [1.54, 1.807) is 0 Å². The molecule has 2 N–H and O–H groups in total. The first kappa shape index (κ1) is 11.4. The third kappa shape index (κ3) is 2.07. The van der Waals surface area contributed by atoms with Gasteiger partial charge in [0.15, 0.2) is 0 Å². The van der Waals surface area contributed by atoms with E-state index in [2.05, 4.69) is 4.98 Å². The molecule has 0 aliphatic rings. The Morgan fingerprint density at radius 2 is 2.27 bits per heavy atom. The lowest BCUT2D eigenvalue weighted by Gasteiger charge is -2.07. The molecular weight excluding hydrogens is 208 g/mol. The average molecular weight is 217 g/mol. The summed E-state index contributed by atoms with van der Waals surface area (Å²) >= 11 is 0. The molecule has 1 rings (SSSR count). The maximum absolute atomic E-state index is 12.4. The molecule has 1 aromatic heterocycles. The summed E-state index contributed by atoms with van der Waals surface area (Å²) in [5.41, 5.74) is 5.14. The predicted octanol–water partition coefficient (Wildman–Crippen LogP) is 1.69. The molecule has 0 amide bonds. The van der Waals surface area contributed by atoms with Crippen molar-refractivity contribution in [2.24, 2.45) is 5.73 Å². The number of halogens is 2. The molecule has 0 spiro atoms. The Labute approximate surface area is 84.1 Å². The number of pyridine rings is 1. The minimum atomic E-state index is -2.70. The quantitative estimate of drug-likeness (QED) is 0.617. The summed E-state index contributed by atoms with van der Waals surface area (Å²) in [6, 6.07) is 0. The molecule has 0 aromatic carbocycles. The van der Waals surface area contributed by atoms with Crippen LogP contribution in [0.4, 0.5) is 14.6 Å². The van der Waals surface area contributed by atoms with Gasteiger partial charge < -0.3 is 15.8 Å². The normalized spacial score (nSPS) is 10.7. The van der Waals surface area contributed by atoms with Crippen LogP contribution < -0.4 is 5.73 Å². The molecule has 1 aromatic rings. The summed E-state index contributed by atoms with van der Waals surface area (Å²) in [7, 11) is 0. The van der Waals surface area contributed by atoms with Crippen LogP contribution in [-0.4, -0.2) is 9.91 Å². The van der Waals surface area contributed by atoms with Crippen molar-refractivity contribution in [3.05, 3.63) is 33.0 Å². The highest BCUT2D eigenvalue weighted by atomic mass is 19.3. The molecule has 5 nitrogen and oxygen atoms in total. The zero-order valence-corrected chi connectivity index (χ0v) is 7.91. The molecule has 15 heavy (non-hydrogen) atoms. The second kappa shape index (κ2) is 4.26. The van der Waals surface area contributed by atoms with Crippen LogP contribution in [0.3, 0.4) is 0 Å². The second-order valence-corrected chi connectivity index (χ2v) is 2.90. The summed E-state index contributed by atoms with van der Waals surface area (Å²) in [6.45, 7) is 1.19. The van der Waals surface area contributed by atoms with Crippen LogP contribution in [0.5, 0.6) is 0 Å². The molecule has 7 heteroatoms. The monoisotopic (exact) mass is 217 g/mol. The van der Waals surface area contributed by atoms with Gasteiger partial charge in [-0.2, -0.15) is 0 Å². The lowest BCUT2D eigenvalue weighted by molar-refractivity contribution is -0.390. The maximum Gasteiger partial charge on any atom is 0.368 e. The van der Waals surface area contributed by atoms with Gasteiger partial charge in [-0.15, -0.1) is 0 Å².